The van der Waals surface area contributed by atoms with Crippen molar-refractivity contribution in [2.24, 2.45) is 0 Å². The monoisotopic (exact) mass is 262 g/mol. The van der Waals surface area contributed by atoms with Gasteiger partial charge in [0.15, 0.2) is 0 Å². The van der Waals surface area contributed by atoms with Gasteiger partial charge < -0.3 is 15.1 Å². The molecule has 5 nitrogen and oxygen atoms in total. The van der Waals surface area contributed by atoms with Crippen molar-refractivity contribution >= 4 is 6.01 Å². The number of hydrogen-bond acceptors (Lipinski definition) is 5. The lowest BCUT2D eigenvalue weighted by Gasteiger charge is -2.18. The summed E-state index contributed by atoms with van der Waals surface area (Å²) in [6, 6.07) is 0.329. The first kappa shape index (κ1) is 11.8. The molecule has 8 heteroatoms. The molecule has 0 radical (unpaired) electrons. The summed E-state index contributed by atoms with van der Waals surface area (Å²) in [6.45, 7) is 0.401. The number of alkyl halides is 3. The highest BCUT2D eigenvalue weighted by atomic mass is 19.4. The van der Waals surface area contributed by atoms with E-state index >= 15 is 0 Å². The molecule has 0 amide bonds. The molecule has 18 heavy (non-hydrogen) atoms. The summed E-state index contributed by atoms with van der Waals surface area (Å²) in [7, 11) is 0. The van der Waals surface area contributed by atoms with Crippen LogP contribution in [0.4, 0.5) is 19.2 Å². The minimum atomic E-state index is -4.28. The van der Waals surface area contributed by atoms with Crippen LogP contribution in [0.5, 0.6) is 0 Å². The van der Waals surface area contributed by atoms with E-state index in [9.17, 15) is 13.2 Å². The first-order valence-electron chi connectivity index (χ1n) is 5.89. The molecule has 2 aliphatic carbocycles. The summed E-state index contributed by atoms with van der Waals surface area (Å²) < 4.78 is 43.2. The molecule has 0 unspecified atom stereocenters. The fourth-order valence-corrected chi connectivity index (χ4v) is 1.70. The maximum atomic E-state index is 12.7. The van der Waals surface area contributed by atoms with E-state index in [0.717, 1.165) is 12.8 Å². The summed E-state index contributed by atoms with van der Waals surface area (Å²) in [4.78, 5) is 0. The Morgan fingerprint density at radius 1 is 1.28 bits per heavy atom. The van der Waals surface area contributed by atoms with Gasteiger partial charge in [-0.05, 0) is 25.7 Å². The molecule has 0 atom stereocenters. The second kappa shape index (κ2) is 3.84. The Hall–Kier alpha value is -1.31. The lowest BCUT2D eigenvalue weighted by Crippen LogP contribution is -2.38. The van der Waals surface area contributed by atoms with Gasteiger partial charge >= 0.3 is 12.2 Å². The predicted octanol–water partition coefficient (Wildman–Crippen LogP) is 1.83. The topological polar surface area (TPSA) is 63.0 Å². The van der Waals surface area contributed by atoms with Gasteiger partial charge in [-0.15, -0.1) is 5.10 Å². The van der Waals surface area contributed by atoms with Gasteiger partial charge in [0.25, 0.3) is 0 Å². The summed E-state index contributed by atoms with van der Waals surface area (Å²) in [5, 5.41) is 12.7. The van der Waals surface area contributed by atoms with Gasteiger partial charge in [-0.3, -0.25) is 0 Å². The smallest absolute Gasteiger partial charge is 0.407 e. The molecule has 1 aromatic rings. The third kappa shape index (κ3) is 2.29. The van der Waals surface area contributed by atoms with Crippen LogP contribution in [0.2, 0.25) is 0 Å². The van der Waals surface area contributed by atoms with Crippen LogP contribution in [0.1, 0.15) is 31.6 Å². The third-order valence-corrected chi connectivity index (χ3v) is 3.22. The molecule has 1 heterocycles. The van der Waals surface area contributed by atoms with E-state index in [1.54, 1.807) is 0 Å². The van der Waals surface area contributed by atoms with Crippen LogP contribution in [-0.2, 0) is 6.54 Å². The van der Waals surface area contributed by atoms with E-state index in [1.807, 2.05) is 0 Å². The molecular formula is C10H13F3N4O. The zero-order chi connectivity index (χ0) is 12.8. The number of aromatic nitrogens is 2. The molecule has 0 saturated heterocycles. The van der Waals surface area contributed by atoms with Crippen molar-refractivity contribution < 1.29 is 17.6 Å². The Bertz CT molecular complexity index is 437. The maximum Gasteiger partial charge on any atom is 0.411 e. The molecular weight excluding hydrogens is 249 g/mol. The van der Waals surface area contributed by atoms with Crippen LogP contribution in [0.3, 0.4) is 0 Å². The first-order chi connectivity index (χ1) is 8.48. The predicted molar refractivity (Wildman–Crippen MR) is 55.8 cm³/mol. The normalized spacial score (nSPS) is 21.9. The molecule has 0 bridgehead atoms. The Morgan fingerprint density at radius 2 is 2.00 bits per heavy atom. The first-order valence-corrected chi connectivity index (χ1v) is 5.89. The standard InChI is InChI=1S/C10H13F3N4O/c11-10(12,13)9(3-4-9)15-8-17-16-7(18-8)5-14-6-1-2-6/h6,14H,1-5H2,(H,15,17). The number of nitrogens with zero attached hydrogens (tertiary/aromatic N) is 2. The van der Waals surface area contributed by atoms with Crippen LogP contribution in [-0.4, -0.2) is 28.0 Å². The highest BCUT2D eigenvalue weighted by molar-refractivity contribution is 5.32. The molecule has 2 saturated carbocycles. The highest BCUT2D eigenvalue weighted by Gasteiger charge is 2.64. The van der Waals surface area contributed by atoms with Crippen LogP contribution < -0.4 is 10.6 Å². The van der Waals surface area contributed by atoms with Crippen molar-refractivity contribution in [3.05, 3.63) is 5.89 Å². The minimum Gasteiger partial charge on any atom is -0.407 e. The number of rotatable bonds is 5. The van der Waals surface area contributed by atoms with Gasteiger partial charge in [0.1, 0.15) is 5.54 Å². The molecule has 100 valence electrons. The number of halogens is 3. The number of anilines is 1. The molecule has 0 aromatic carbocycles. The van der Waals surface area contributed by atoms with Crippen molar-refractivity contribution in [3.8, 4) is 0 Å². The van der Waals surface area contributed by atoms with Gasteiger partial charge in [0.05, 0.1) is 6.54 Å². The van der Waals surface area contributed by atoms with Gasteiger partial charge in [0.2, 0.25) is 5.89 Å². The Labute approximate surface area is 101 Å². The van der Waals surface area contributed by atoms with Crippen molar-refractivity contribution in [3.63, 3.8) is 0 Å². The van der Waals surface area contributed by atoms with Gasteiger partial charge in [0, 0.05) is 6.04 Å². The molecule has 0 spiro atoms. The van der Waals surface area contributed by atoms with Gasteiger partial charge in [-0.1, -0.05) is 5.10 Å². The van der Waals surface area contributed by atoms with E-state index < -0.39 is 11.7 Å². The average Bonchev–Trinajstić information content (AvgIpc) is 3.16. The van der Waals surface area contributed by atoms with E-state index in [1.165, 1.54) is 0 Å². The zero-order valence-corrected chi connectivity index (χ0v) is 9.55. The molecule has 2 aliphatic rings. The fourth-order valence-electron chi connectivity index (χ4n) is 1.70. The van der Waals surface area contributed by atoms with E-state index in [2.05, 4.69) is 20.8 Å². The lowest BCUT2D eigenvalue weighted by molar-refractivity contribution is -0.151. The minimum absolute atomic E-state index is 0.0501. The molecule has 3 rings (SSSR count). The Morgan fingerprint density at radius 3 is 2.56 bits per heavy atom. The Balaban J connectivity index is 1.59. The fraction of sp³-hybridized carbons (Fsp3) is 0.800. The van der Waals surface area contributed by atoms with E-state index in [-0.39, 0.29) is 18.9 Å². The zero-order valence-electron chi connectivity index (χ0n) is 9.55. The molecule has 1 aromatic heterocycles. The van der Waals surface area contributed by atoms with Crippen molar-refractivity contribution in [1.82, 2.24) is 15.5 Å². The lowest BCUT2D eigenvalue weighted by atomic mass is 10.3. The summed E-state index contributed by atoms with van der Waals surface area (Å²) >= 11 is 0. The van der Waals surface area contributed by atoms with Gasteiger partial charge in [-0.2, -0.15) is 13.2 Å². The molecule has 0 aliphatic heterocycles. The van der Waals surface area contributed by atoms with Crippen LogP contribution in [0, 0.1) is 0 Å². The summed E-state index contributed by atoms with van der Waals surface area (Å²) in [6.07, 6.45) is -1.94. The third-order valence-electron chi connectivity index (χ3n) is 3.22. The van der Waals surface area contributed by atoms with Crippen molar-refractivity contribution in [2.45, 2.75) is 50.0 Å². The highest BCUT2D eigenvalue weighted by Crippen LogP contribution is 2.50. The molecule has 2 fully saturated rings. The number of hydrogen-bond donors (Lipinski definition) is 2. The quantitative estimate of drug-likeness (QED) is 0.847. The summed E-state index contributed by atoms with van der Waals surface area (Å²) in [5.41, 5.74) is -1.86. The second-order valence-electron chi connectivity index (χ2n) is 4.86. The van der Waals surface area contributed by atoms with E-state index in [0.29, 0.717) is 18.5 Å². The second-order valence-corrected chi connectivity index (χ2v) is 4.86. The van der Waals surface area contributed by atoms with Crippen molar-refractivity contribution in [1.29, 1.82) is 0 Å². The van der Waals surface area contributed by atoms with Crippen LogP contribution in [0.25, 0.3) is 0 Å². The maximum absolute atomic E-state index is 12.7. The van der Waals surface area contributed by atoms with E-state index in [4.69, 9.17) is 4.42 Å². The summed E-state index contributed by atoms with van der Waals surface area (Å²) in [5.74, 6) is 0.308. The SMILES string of the molecule is FC(F)(F)C1(Nc2nnc(CNC3CC3)o2)CC1. The largest absolute Gasteiger partial charge is 0.411 e. The molecule has 2 N–H and O–H groups in total. The Kier molecular flexibility index (Phi) is 2.51. The van der Waals surface area contributed by atoms with Gasteiger partial charge in [-0.25, -0.2) is 0 Å². The average molecular weight is 262 g/mol. The van der Waals surface area contributed by atoms with Crippen LogP contribution in [0.15, 0.2) is 4.42 Å². The van der Waals surface area contributed by atoms with Crippen LogP contribution >= 0.6 is 0 Å². The van der Waals surface area contributed by atoms with Crippen molar-refractivity contribution in [2.75, 3.05) is 5.32 Å². The number of nitrogens with one attached hydrogen (secondary N) is 2.